The van der Waals surface area contributed by atoms with Crippen LogP contribution >= 0.6 is 0 Å². The standard InChI is InChI=1S/C22H20N2O3/c1-16-7-5-8-17(13-16)15-23-22(26)20(14-19-11-6-12-27-19)24-21(25)18-9-3-2-4-10-18/h2-14H,15H2,1H3,(H,23,26)(H,24,25)/b20-14-. The van der Waals surface area contributed by atoms with Crippen molar-refractivity contribution in [3.05, 3.63) is 101 Å². The topological polar surface area (TPSA) is 71.3 Å². The summed E-state index contributed by atoms with van der Waals surface area (Å²) in [6.45, 7) is 2.35. The Kier molecular flexibility index (Phi) is 5.84. The van der Waals surface area contributed by atoms with E-state index in [1.807, 2.05) is 37.3 Å². The molecule has 2 N–H and O–H groups in total. The minimum atomic E-state index is -0.391. The molecule has 1 aromatic heterocycles. The van der Waals surface area contributed by atoms with E-state index in [1.54, 1.807) is 36.4 Å². The van der Waals surface area contributed by atoms with Crippen LogP contribution in [0.5, 0.6) is 0 Å². The Bertz CT molecular complexity index is 945. The van der Waals surface area contributed by atoms with Gasteiger partial charge in [-0.3, -0.25) is 9.59 Å². The molecule has 1 heterocycles. The number of nitrogens with one attached hydrogen (secondary N) is 2. The Morgan fingerprint density at radius 3 is 2.52 bits per heavy atom. The average Bonchev–Trinajstić information content (AvgIpc) is 3.19. The van der Waals surface area contributed by atoms with Crippen molar-refractivity contribution < 1.29 is 14.0 Å². The van der Waals surface area contributed by atoms with Gasteiger partial charge in [0.15, 0.2) is 0 Å². The van der Waals surface area contributed by atoms with E-state index < -0.39 is 5.91 Å². The highest BCUT2D eigenvalue weighted by Crippen LogP contribution is 2.09. The van der Waals surface area contributed by atoms with Crippen molar-refractivity contribution >= 4 is 17.9 Å². The average molecular weight is 360 g/mol. The molecule has 0 radical (unpaired) electrons. The number of carbonyl (C=O) groups excluding carboxylic acids is 2. The fourth-order valence-corrected chi connectivity index (χ4v) is 2.56. The van der Waals surface area contributed by atoms with E-state index in [4.69, 9.17) is 4.42 Å². The van der Waals surface area contributed by atoms with Crippen LogP contribution in [0.15, 0.2) is 83.1 Å². The summed E-state index contributed by atoms with van der Waals surface area (Å²) >= 11 is 0. The van der Waals surface area contributed by atoms with Crippen molar-refractivity contribution in [2.75, 3.05) is 0 Å². The molecule has 0 unspecified atom stereocenters. The van der Waals surface area contributed by atoms with Gasteiger partial charge >= 0.3 is 0 Å². The molecule has 2 aromatic carbocycles. The molecule has 0 saturated heterocycles. The molecule has 0 saturated carbocycles. The molecular formula is C22H20N2O3. The molecule has 0 aliphatic rings. The zero-order chi connectivity index (χ0) is 19.1. The van der Waals surface area contributed by atoms with Gasteiger partial charge in [0.2, 0.25) is 0 Å². The molecule has 5 heteroatoms. The van der Waals surface area contributed by atoms with Gasteiger partial charge in [0.05, 0.1) is 6.26 Å². The molecule has 136 valence electrons. The van der Waals surface area contributed by atoms with Crippen molar-refractivity contribution in [2.24, 2.45) is 0 Å². The van der Waals surface area contributed by atoms with Crippen molar-refractivity contribution in [1.82, 2.24) is 10.6 Å². The van der Waals surface area contributed by atoms with Gasteiger partial charge in [-0.05, 0) is 36.8 Å². The summed E-state index contributed by atoms with van der Waals surface area (Å²) in [6, 6.07) is 20.0. The zero-order valence-electron chi connectivity index (χ0n) is 14.9. The van der Waals surface area contributed by atoms with E-state index in [1.165, 1.54) is 12.3 Å². The second-order valence-electron chi connectivity index (χ2n) is 6.07. The first kappa shape index (κ1) is 18.2. The van der Waals surface area contributed by atoms with Crippen molar-refractivity contribution in [3.63, 3.8) is 0 Å². The Morgan fingerprint density at radius 2 is 1.81 bits per heavy atom. The first-order valence-corrected chi connectivity index (χ1v) is 8.57. The number of furan rings is 1. The number of hydrogen-bond acceptors (Lipinski definition) is 3. The van der Waals surface area contributed by atoms with Gasteiger partial charge in [-0.1, -0.05) is 48.0 Å². The number of rotatable bonds is 6. The Balaban J connectivity index is 1.75. The van der Waals surface area contributed by atoms with E-state index in [0.717, 1.165) is 11.1 Å². The lowest BCUT2D eigenvalue weighted by molar-refractivity contribution is -0.117. The maximum Gasteiger partial charge on any atom is 0.268 e. The molecule has 0 aliphatic carbocycles. The lowest BCUT2D eigenvalue weighted by atomic mass is 10.1. The molecule has 0 aliphatic heterocycles. The lowest BCUT2D eigenvalue weighted by Gasteiger charge is -2.11. The van der Waals surface area contributed by atoms with Gasteiger partial charge < -0.3 is 15.1 Å². The quantitative estimate of drug-likeness (QED) is 0.659. The third-order valence-corrected chi connectivity index (χ3v) is 3.89. The third-order valence-electron chi connectivity index (χ3n) is 3.89. The predicted octanol–water partition coefficient (Wildman–Crippen LogP) is 3.68. The van der Waals surface area contributed by atoms with Crippen LogP contribution in [0.4, 0.5) is 0 Å². The van der Waals surface area contributed by atoms with Gasteiger partial charge in [-0.25, -0.2) is 0 Å². The molecule has 5 nitrogen and oxygen atoms in total. The normalized spacial score (nSPS) is 11.1. The van der Waals surface area contributed by atoms with Gasteiger partial charge in [0, 0.05) is 18.2 Å². The van der Waals surface area contributed by atoms with Gasteiger partial charge in [-0.2, -0.15) is 0 Å². The third kappa shape index (κ3) is 5.19. The number of carbonyl (C=O) groups is 2. The Hall–Kier alpha value is -3.60. The highest BCUT2D eigenvalue weighted by molar-refractivity contribution is 6.05. The first-order chi connectivity index (χ1) is 13.1. The highest BCUT2D eigenvalue weighted by Gasteiger charge is 2.15. The van der Waals surface area contributed by atoms with E-state index in [0.29, 0.717) is 17.9 Å². The van der Waals surface area contributed by atoms with Crippen LogP contribution in [0.1, 0.15) is 27.2 Å². The summed E-state index contributed by atoms with van der Waals surface area (Å²) in [6.07, 6.45) is 3.01. The van der Waals surface area contributed by atoms with Crippen LogP contribution in [0, 0.1) is 6.92 Å². The molecule has 0 fully saturated rings. The Morgan fingerprint density at radius 1 is 1.00 bits per heavy atom. The van der Waals surface area contributed by atoms with Gasteiger partial charge in [0.25, 0.3) is 11.8 Å². The molecule has 3 rings (SSSR count). The monoisotopic (exact) mass is 360 g/mol. The summed E-state index contributed by atoms with van der Waals surface area (Å²) in [7, 11) is 0. The molecule has 0 spiro atoms. The van der Waals surface area contributed by atoms with E-state index in [2.05, 4.69) is 10.6 Å². The number of hydrogen-bond donors (Lipinski definition) is 2. The summed E-state index contributed by atoms with van der Waals surface area (Å²) in [5, 5.41) is 5.50. The Labute approximate surface area is 157 Å². The van der Waals surface area contributed by atoms with Crippen LogP contribution in [0.2, 0.25) is 0 Å². The second kappa shape index (κ2) is 8.67. The van der Waals surface area contributed by atoms with Crippen LogP contribution in [0.3, 0.4) is 0 Å². The minimum Gasteiger partial charge on any atom is -0.465 e. The molecule has 27 heavy (non-hydrogen) atoms. The maximum atomic E-state index is 12.7. The minimum absolute atomic E-state index is 0.117. The van der Waals surface area contributed by atoms with Crippen molar-refractivity contribution in [2.45, 2.75) is 13.5 Å². The fraction of sp³-hybridized carbons (Fsp3) is 0.0909. The maximum absolute atomic E-state index is 12.7. The fourth-order valence-electron chi connectivity index (χ4n) is 2.56. The van der Waals surface area contributed by atoms with Gasteiger partial charge in [0.1, 0.15) is 11.5 Å². The predicted molar refractivity (Wildman–Crippen MR) is 104 cm³/mol. The summed E-state index contributed by atoms with van der Waals surface area (Å²) in [5.41, 5.74) is 2.68. The molecule has 0 atom stereocenters. The van der Waals surface area contributed by atoms with Crippen molar-refractivity contribution in [3.8, 4) is 0 Å². The van der Waals surface area contributed by atoms with Crippen LogP contribution < -0.4 is 10.6 Å². The summed E-state index contributed by atoms with van der Waals surface area (Å²) in [5.74, 6) is -0.277. The number of benzene rings is 2. The highest BCUT2D eigenvalue weighted by atomic mass is 16.3. The zero-order valence-corrected chi connectivity index (χ0v) is 14.9. The lowest BCUT2D eigenvalue weighted by Crippen LogP contribution is -2.34. The SMILES string of the molecule is Cc1cccc(CNC(=O)/C(=C/c2ccco2)NC(=O)c2ccccc2)c1. The smallest absolute Gasteiger partial charge is 0.268 e. The molecular weight excluding hydrogens is 340 g/mol. The van der Waals surface area contributed by atoms with Crippen molar-refractivity contribution in [1.29, 1.82) is 0 Å². The van der Waals surface area contributed by atoms with Crippen LogP contribution in [-0.4, -0.2) is 11.8 Å². The van der Waals surface area contributed by atoms with Crippen LogP contribution in [0.25, 0.3) is 6.08 Å². The number of amides is 2. The molecule has 2 amide bonds. The van der Waals surface area contributed by atoms with E-state index >= 15 is 0 Å². The summed E-state index contributed by atoms with van der Waals surface area (Å²) in [4.78, 5) is 25.1. The summed E-state index contributed by atoms with van der Waals surface area (Å²) < 4.78 is 5.27. The molecule has 3 aromatic rings. The van der Waals surface area contributed by atoms with E-state index in [9.17, 15) is 9.59 Å². The van der Waals surface area contributed by atoms with Crippen LogP contribution in [-0.2, 0) is 11.3 Å². The first-order valence-electron chi connectivity index (χ1n) is 8.57. The molecule has 0 bridgehead atoms. The second-order valence-corrected chi connectivity index (χ2v) is 6.07. The number of aryl methyl sites for hydroxylation is 1. The largest absolute Gasteiger partial charge is 0.465 e. The van der Waals surface area contributed by atoms with Gasteiger partial charge in [-0.15, -0.1) is 0 Å². The van der Waals surface area contributed by atoms with E-state index in [-0.39, 0.29) is 11.6 Å².